The summed E-state index contributed by atoms with van der Waals surface area (Å²) in [5, 5.41) is 6.02. The zero-order valence-corrected chi connectivity index (χ0v) is 10.8. The molecule has 8 heteroatoms. The molecule has 19 heavy (non-hydrogen) atoms. The first kappa shape index (κ1) is 13.3. The van der Waals surface area contributed by atoms with Crippen LogP contribution < -0.4 is 16.9 Å². The molecular formula is C11H13N5O2S. The Bertz CT molecular complexity index is 546. The molecule has 0 bridgehead atoms. The van der Waals surface area contributed by atoms with Crippen molar-refractivity contribution >= 4 is 29.4 Å². The molecule has 1 saturated heterocycles. The highest BCUT2D eigenvalue weighted by Crippen LogP contribution is 2.27. The van der Waals surface area contributed by atoms with Crippen LogP contribution in [0.4, 0.5) is 0 Å². The van der Waals surface area contributed by atoms with Gasteiger partial charge in [-0.2, -0.15) is 5.10 Å². The van der Waals surface area contributed by atoms with E-state index in [2.05, 4.69) is 15.4 Å². The minimum atomic E-state index is -0.323. The fourth-order valence-electron chi connectivity index (χ4n) is 1.64. The largest absolute Gasteiger partial charge is 0.382 e. The number of piperidine rings is 1. The first-order valence-corrected chi connectivity index (χ1v) is 6.48. The lowest BCUT2D eigenvalue weighted by Crippen LogP contribution is -2.42. The van der Waals surface area contributed by atoms with Gasteiger partial charge in [-0.1, -0.05) is 11.8 Å². The van der Waals surface area contributed by atoms with Crippen molar-refractivity contribution in [1.29, 1.82) is 0 Å². The van der Waals surface area contributed by atoms with E-state index in [0.717, 1.165) is 0 Å². The highest BCUT2D eigenvalue weighted by molar-refractivity contribution is 8.00. The quantitative estimate of drug-likeness (QED) is 0.226. The van der Waals surface area contributed by atoms with E-state index in [9.17, 15) is 9.59 Å². The van der Waals surface area contributed by atoms with Crippen molar-refractivity contribution in [1.82, 2.24) is 10.3 Å². The van der Waals surface area contributed by atoms with Gasteiger partial charge in [0.2, 0.25) is 11.8 Å². The zero-order chi connectivity index (χ0) is 13.8. The number of pyridine rings is 1. The molecule has 7 nitrogen and oxygen atoms in total. The van der Waals surface area contributed by atoms with Crippen molar-refractivity contribution < 1.29 is 9.59 Å². The molecule has 1 aromatic heterocycles. The highest BCUT2D eigenvalue weighted by Gasteiger charge is 2.27. The summed E-state index contributed by atoms with van der Waals surface area (Å²) >= 11 is 1.29. The molecule has 1 aliphatic rings. The molecule has 1 unspecified atom stereocenters. The van der Waals surface area contributed by atoms with Gasteiger partial charge in [-0.3, -0.25) is 14.9 Å². The van der Waals surface area contributed by atoms with Crippen molar-refractivity contribution in [2.45, 2.75) is 23.1 Å². The number of nitrogens with one attached hydrogen (secondary N) is 1. The Morgan fingerprint density at radius 1 is 1.53 bits per heavy atom. The summed E-state index contributed by atoms with van der Waals surface area (Å²) < 4.78 is 0. The normalized spacial score (nSPS) is 20.2. The first-order valence-electron chi connectivity index (χ1n) is 5.60. The molecule has 0 aromatic carbocycles. The van der Waals surface area contributed by atoms with Gasteiger partial charge in [-0.15, -0.1) is 0 Å². The molecule has 0 saturated carbocycles. The fraction of sp³-hybridized carbons (Fsp3) is 0.273. The summed E-state index contributed by atoms with van der Waals surface area (Å²) in [6.07, 6.45) is 2.42. The third-order valence-corrected chi connectivity index (χ3v) is 3.82. The third-order valence-electron chi connectivity index (χ3n) is 2.62. The van der Waals surface area contributed by atoms with Gasteiger partial charge in [-0.05, 0) is 18.6 Å². The monoisotopic (exact) mass is 279 g/mol. The lowest BCUT2D eigenvalue weighted by atomic mass is 10.1. The van der Waals surface area contributed by atoms with Gasteiger partial charge in [0, 0.05) is 18.2 Å². The Morgan fingerprint density at radius 2 is 2.32 bits per heavy atom. The minimum Gasteiger partial charge on any atom is -0.382 e. The highest BCUT2D eigenvalue weighted by atomic mass is 32.2. The van der Waals surface area contributed by atoms with E-state index < -0.39 is 0 Å². The maximum absolute atomic E-state index is 11.6. The number of amidine groups is 1. The van der Waals surface area contributed by atoms with Crippen molar-refractivity contribution in [3.63, 3.8) is 0 Å². The van der Waals surface area contributed by atoms with Gasteiger partial charge in [-0.25, -0.2) is 4.98 Å². The van der Waals surface area contributed by atoms with Gasteiger partial charge in [0.1, 0.15) is 5.84 Å². The molecule has 2 amide bonds. The second-order valence-corrected chi connectivity index (χ2v) is 5.18. The maximum atomic E-state index is 11.6. The smallest absolute Gasteiger partial charge is 0.240 e. The molecule has 5 N–H and O–H groups in total. The molecule has 1 aliphatic heterocycles. The summed E-state index contributed by atoms with van der Waals surface area (Å²) in [6.45, 7) is 0. The number of hydrogen-bond donors (Lipinski definition) is 3. The lowest BCUT2D eigenvalue weighted by Gasteiger charge is -2.19. The predicted molar refractivity (Wildman–Crippen MR) is 71.2 cm³/mol. The van der Waals surface area contributed by atoms with E-state index >= 15 is 0 Å². The average Bonchev–Trinajstić information content (AvgIpc) is 2.41. The standard InChI is InChI=1S/C11H13N5O2S/c12-10(16-13)6-3-4-14-9(5-6)19-7-1-2-8(17)15-11(7)18/h3-5,7H,1-2,13H2,(H2,12,16)(H,15,17,18). The van der Waals surface area contributed by atoms with E-state index in [0.29, 0.717) is 23.4 Å². The van der Waals surface area contributed by atoms with Crippen LogP contribution in [0.5, 0.6) is 0 Å². The number of thioether (sulfide) groups is 1. The number of aromatic nitrogens is 1. The molecule has 0 aliphatic carbocycles. The van der Waals surface area contributed by atoms with E-state index in [4.69, 9.17) is 11.6 Å². The SMILES string of the molecule is N/N=C(\N)c1ccnc(SC2CCC(=O)NC2=O)c1. The average molecular weight is 279 g/mol. The molecule has 2 heterocycles. The molecule has 0 spiro atoms. The predicted octanol–water partition coefficient (Wildman–Crippen LogP) is -0.442. The van der Waals surface area contributed by atoms with E-state index in [1.807, 2.05) is 0 Å². The van der Waals surface area contributed by atoms with Crippen molar-refractivity contribution in [2.75, 3.05) is 0 Å². The molecule has 100 valence electrons. The van der Waals surface area contributed by atoms with Crippen LogP contribution in [0.15, 0.2) is 28.5 Å². The number of imide groups is 1. The second kappa shape index (κ2) is 5.70. The van der Waals surface area contributed by atoms with Crippen LogP contribution in [0.3, 0.4) is 0 Å². The lowest BCUT2D eigenvalue weighted by molar-refractivity contribution is -0.132. The van der Waals surface area contributed by atoms with Crippen LogP contribution in [0.25, 0.3) is 0 Å². The summed E-state index contributed by atoms with van der Waals surface area (Å²) in [6, 6.07) is 3.39. The number of nitrogens with zero attached hydrogens (tertiary/aromatic N) is 2. The Morgan fingerprint density at radius 3 is 3.00 bits per heavy atom. The Labute approximate surface area is 113 Å². The number of rotatable bonds is 3. The molecule has 1 atom stereocenters. The van der Waals surface area contributed by atoms with Crippen molar-refractivity contribution in [3.05, 3.63) is 23.9 Å². The first-order chi connectivity index (χ1) is 9.10. The van der Waals surface area contributed by atoms with Crippen molar-refractivity contribution in [2.24, 2.45) is 16.7 Å². The number of nitrogens with two attached hydrogens (primary N) is 2. The van der Waals surface area contributed by atoms with Crippen LogP contribution in [-0.2, 0) is 9.59 Å². The molecule has 1 aromatic rings. The van der Waals surface area contributed by atoms with Gasteiger partial charge in [0.05, 0.1) is 10.3 Å². The van der Waals surface area contributed by atoms with Gasteiger partial charge in [0.15, 0.2) is 0 Å². The summed E-state index contributed by atoms with van der Waals surface area (Å²) in [7, 11) is 0. The molecular weight excluding hydrogens is 266 g/mol. The van der Waals surface area contributed by atoms with Gasteiger partial charge >= 0.3 is 0 Å². The Kier molecular flexibility index (Phi) is 4.00. The molecule has 0 radical (unpaired) electrons. The van der Waals surface area contributed by atoms with Crippen molar-refractivity contribution in [3.8, 4) is 0 Å². The van der Waals surface area contributed by atoms with Gasteiger partial charge < -0.3 is 11.6 Å². The topological polar surface area (TPSA) is 123 Å². The summed E-state index contributed by atoms with van der Waals surface area (Å²) in [5.41, 5.74) is 6.25. The van der Waals surface area contributed by atoms with Crippen LogP contribution in [0, 0.1) is 0 Å². The number of hydrogen-bond acceptors (Lipinski definition) is 6. The Balaban J connectivity index is 2.11. The minimum absolute atomic E-state index is 0.201. The molecule has 2 rings (SSSR count). The summed E-state index contributed by atoms with van der Waals surface area (Å²) in [4.78, 5) is 26.8. The fourth-order valence-corrected chi connectivity index (χ4v) is 2.65. The summed E-state index contributed by atoms with van der Waals surface area (Å²) in [5.74, 6) is 4.79. The zero-order valence-electron chi connectivity index (χ0n) is 10.00. The third kappa shape index (κ3) is 3.22. The number of amides is 2. The number of carbonyl (C=O) groups is 2. The van der Waals surface area contributed by atoms with Crippen LogP contribution in [0.1, 0.15) is 18.4 Å². The van der Waals surface area contributed by atoms with Crippen LogP contribution in [-0.4, -0.2) is 27.9 Å². The maximum Gasteiger partial charge on any atom is 0.240 e. The molecule has 1 fully saturated rings. The number of hydrazone groups is 1. The van der Waals surface area contributed by atoms with E-state index in [-0.39, 0.29) is 22.9 Å². The van der Waals surface area contributed by atoms with Crippen LogP contribution in [0.2, 0.25) is 0 Å². The second-order valence-electron chi connectivity index (χ2n) is 3.95. The van der Waals surface area contributed by atoms with Gasteiger partial charge in [0.25, 0.3) is 0 Å². The Hall–Kier alpha value is -2.09. The number of carbonyl (C=O) groups excluding carboxylic acids is 2. The van der Waals surface area contributed by atoms with E-state index in [1.54, 1.807) is 18.3 Å². The van der Waals surface area contributed by atoms with Crippen LogP contribution >= 0.6 is 11.8 Å². The van der Waals surface area contributed by atoms with E-state index in [1.165, 1.54) is 11.8 Å².